The van der Waals surface area contributed by atoms with Crippen LogP contribution in [-0.2, 0) is 16.0 Å². The van der Waals surface area contributed by atoms with Crippen LogP contribution in [0.3, 0.4) is 0 Å². The molecule has 0 bridgehead atoms. The van der Waals surface area contributed by atoms with Crippen LogP contribution in [-0.4, -0.2) is 44.8 Å². The quantitative estimate of drug-likeness (QED) is 0.667. The Morgan fingerprint density at radius 1 is 1.20 bits per heavy atom. The van der Waals surface area contributed by atoms with Crippen molar-refractivity contribution in [3.63, 3.8) is 0 Å². The fraction of sp³-hybridized carbons (Fsp3) is 0.455. The maximum absolute atomic E-state index is 13.2. The van der Waals surface area contributed by atoms with E-state index in [1.54, 1.807) is 37.7 Å². The lowest BCUT2D eigenvalue weighted by Gasteiger charge is -2.36. The van der Waals surface area contributed by atoms with Crippen molar-refractivity contribution in [2.75, 3.05) is 27.9 Å². The Bertz CT molecular complexity index is 897. The summed E-state index contributed by atoms with van der Waals surface area (Å²) < 4.78 is 15.5. The highest BCUT2D eigenvalue weighted by Gasteiger charge is 2.32. The van der Waals surface area contributed by atoms with E-state index in [1.165, 1.54) is 17.6 Å². The largest absolute Gasteiger partial charge is 0.493 e. The summed E-state index contributed by atoms with van der Waals surface area (Å²) in [5.41, 5.74) is 1.97. The summed E-state index contributed by atoms with van der Waals surface area (Å²) in [4.78, 5) is 28.5. The van der Waals surface area contributed by atoms with Gasteiger partial charge in [0.1, 0.15) is 0 Å². The second kappa shape index (κ2) is 9.84. The summed E-state index contributed by atoms with van der Waals surface area (Å²) in [5.74, 6) is 0.712. The molecule has 0 saturated heterocycles. The number of ether oxygens (including phenoxy) is 3. The van der Waals surface area contributed by atoms with Crippen molar-refractivity contribution in [2.24, 2.45) is 0 Å². The average Bonchev–Trinajstić information content (AvgIpc) is 3.26. The number of amides is 2. The number of esters is 1. The number of fused-ring (bicyclic) bond motifs is 1. The molecule has 0 aliphatic carbocycles. The van der Waals surface area contributed by atoms with Gasteiger partial charge in [0.25, 0.3) is 0 Å². The average molecular weight is 433 g/mol. The lowest BCUT2D eigenvalue weighted by atomic mass is 9.98. The van der Waals surface area contributed by atoms with Gasteiger partial charge in [-0.05, 0) is 47.5 Å². The summed E-state index contributed by atoms with van der Waals surface area (Å²) in [7, 11) is 4.45. The van der Waals surface area contributed by atoms with Crippen LogP contribution in [0.4, 0.5) is 4.79 Å². The lowest BCUT2D eigenvalue weighted by Crippen LogP contribution is -2.46. The van der Waals surface area contributed by atoms with E-state index in [0.29, 0.717) is 18.0 Å². The number of rotatable bonds is 7. The SMILES string of the molecule is CC[C@H]1c2ccsc2CCN1C(=O)N[C@@H](CC(=O)OC)c1ccc(OC)c(OC)c1. The first-order valence-electron chi connectivity index (χ1n) is 9.94. The van der Waals surface area contributed by atoms with Gasteiger partial charge in [-0.3, -0.25) is 4.79 Å². The molecule has 1 aromatic heterocycles. The number of nitrogens with zero attached hydrogens (tertiary/aromatic N) is 1. The third-order valence-electron chi connectivity index (χ3n) is 5.45. The molecule has 3 rings (SSSR count). The maximum atomic E-state index is 13.2. The third-order valence-corrected chi connectivity index (χ3v) is 6.45. The number of urea groups is 1. The van der Waals surface area contributed by atoms with Gasteiger partial charge in [0.15, 0.2) is 11.5 Å². The molecule has 7 nitrogen and oxygen atoms in total. The zero-order valence-corrected chi connectivity index (χ0v) is 18.6. The van der Waals surface area contributed by atoms with E-state index in [2.05, 4.69) is 23.7 Å². The van der Waals surface area contributed by atoms with Gasteiger partial charge in [0.05, 0.1) is 39.8 Å². The second-order valence-electron chi connectivity index (χ2n) is 7.06. The highest BCUT2D eigenvalue weighted by atomic mass is 32.1. The van der Waals surface area contributed by atoms with E-state index in [4.69, 9.17) is 14.2 Å². The van der Waals surface area contributed by atoms with Crippen molar-refractivity contribution in [3.8, 4) is 11.5 Å². The number of methoxy groups -OCH3 is 3. The number of hydrogen-bond donors (Lipinski definition) is 1. The molecule has 2 heterocycles. The Morgan fingerprint density at radius 3 is 2.63 bits per heavy atom. The molecule has 0 saturated carbocycles. The number of carbonyl (C=O) groups excluding carboxylic acids is 2. The molecule has 1 aromatic carbocycles. The zero-order valence-electron chi connectivity index (χ0n) is 17.8. The van der Waals surface area contributed by atoms with Gasteiger partial charge in [-0.2, -0.15) is 0 Å². The Kier molecular flexibility index (Phi) is 7.20. The fourth-order valence-electron chi connectivity index (χ4n) is 3.88. The maximum Gasteiger partial charge on any atom is 0.318 e. The first-order chi connectivity index (χ1) is 14.5. The van der Waals surface area contributed by atoms with Crippen molar-refractivity contribution in [2.45, 2.75) is 38.3 Å². The molecule has 0 radical (unpaired) electrons. The Morgan fingerprint density at radius 2 is 1.97 bits per heavy atom. The van der Waals surface area contributed by atoms with Crippen molar-refractivity contribution >= 4 is 23.3 Å². The predicted molar refractivity (Wildman–Crippen MR) is 115 cm³/mol. The fourth-order valence-corrected chi connectivity index (χ4v) is 4.81. The van der Waals surface area contributed by atoms with Crippen molar-refractivity contribution in [1.29, 1.82) is 0 Å². The summed E-state index contributed by atoms with van der Waals surface area (Å²) in [6, 6.07) is 6.75. The van der Waals surface area contributed by atoms with Crippen LogP contribution in [0.1, 0.15) is 47.9 Å². The van der Waals surface area contributed by atoms with Crippen molar-refractivity contribution < 1.29 is 23.8 Å². The molecule has 162 valence electrons. The van der Waals surface area contributed by atoms with Crippen LogP contribution in [0.2, 0.25) is 0 Å². The molecule has 1 aliphatic rings. The molecular formula is C22H28N2O5S. The summed E-state index contributed by atoms with van der Waals surface area (Å²) in [6.45, 7) is 2.73. The zero-order chi connectivity index (χ0) is 21.7. The molecular weight excluding hydrogens is 404 g/mol. The Balaban J connectivity index is 1.85. The van der Waals surface area contributed by atoms with E-state index in [9.17, 15) is 9.59 Å². The van der Waals surface area contributed by atoms with E-state index >= 15 is 0 Å². The number of carbonyl (C=O) groups is 2. The second-order valence-corrected chi connectivity index (χ2v) is 8.06. The Labute approximate surface area is 180 Å². The summed E-state index contributed by atoms with van der Waals surface area (Å²) in [5, 5.41) is 5.12. The van der Waals surface area contributed by atoms with Crippen LogP contribution < -0.4 is 14.8 Å². The highest BCUT2D eigenvalue weighted by Crippen LogP contribution is 2.36. The first kappa shape index (κ1) is 22.0. The number of benzene rings is 1. The van der Waals surface area contributed by atoms with E-state index < -0.39 is 12.0 Å². The lowest BCUT2D eigenvalue weighted by molar-refractivity contribution is -0.141. The normalized spacial score (nSPS) is 16.4. The van der Waals surface area contributed by atoms with Gasteiger partial charge in [-0.15, -0.1) is 11.3 Å². The smallest absolute Gasteiger partial charge is 0.318 e. The molecule has 1 N–H and O–H groups in total. The minimum atomic E-state index is -0.550. The molecule has 0 fully saturated rings. The number of thiophene rings is 1. The van der Waals surface area contributed by atoms with Crippen LogP contribution in [0.5, 0.6) is 11.5 Å². The highest BCUT2D eigenvalue weighted by molar-refractivity contribution is 7.10. The van der Waals surface area contributed by atoms with E-state index in [-0.39, 0.29) is 18.5 Å². The minimum absolute atomic E-state index is 0.0199. The standard InChI is InChI=1S/C22H28N2O5S/c1-5-17-15-9-11-30-20(15)8-10-24(17)22(26)23-16(13-21(25)29-4)14-6-7-18(27-2)19(12-14)28-3/h6-7,9,11-12,16-17H,5,8,10,13H2,1-4H3,(H,23,26)/t16-,17-/m0/s1. The number of hydrogen-bond acceptors (Lipinski definition) is 6. The summed E-state index contributed by atoms with van der Waals surface area (Å²) >= 11 is 1.74. The van der Waals surface area contributed by atoms with Crippen LogP contribution >= 0.6 is 11.3 Å². The third kappa shape index (κ3) is 4.53. The van der Waals surface area contributed by atoms with E-state index in [0.717, 1.165) is 18.4 Å². The first-order valence-corrected chi connectivity index (χ1v) is 10.8. The topological polar surface area (TPSA) is 77.1 Å². The molecule has 0 unspecified atom stereocenters. The van der Waals surface area contributed by atoms with Gasteiger partial charge in [-0.1, -0.05) is 13.0 Å². The molecule has 1 aliphatic heterocycles. The van der Waals surface area contributed by atoms with E-state index in [1.807, 2.05) is 11.0 Å². The van der Waals surface area contributed by atoms with Crippen molar-refractivity contribution in [1.82, 2.24) is 10.2 Å². The molecule has 30 heavy (non-hydrogen) atoms. The van der Waals surface area contributed by atoms with Crippen LogP contribution in [0, 0.1) is 0 Å². The van der Waals surface area contributed by atoms with Gasteiger partial charge < -0.3 is 24.4 Å². The van der Waals surface area contributed by atoms with Crippen LogP contribution in [0.15, 0.2) is 29.6 Å². The molecule has 8 heteroatoms. The predicted octanol–water partition coefficient (Wildman–Crippen LogP) is 4.09. The Hall–Kier alpha value is -2.74. The number of nitrogens with one attached hydrogen (secondary N) is 1. The monoisotopic (exact) mass is 432 g/mol. The molecule has 2 aromatic rings. The summed E-state index contributed by atoms with van der Waals surface area (Å²) in [6.07, 6.45) is 1.69. The van der Waals surface area contributed by atoms with Gasteiger partial charge in [0, 0.05) is 11.4 Å². The van der Waals surface area contributed by atoms with Gasteiger partial charge in [0.2, 0.25) is 0 Å². The van der Waals surface area contributed by atoms with Crippen molar-refractivity contribution in [3.05, 3.63) is 45.6 Å². The molecule has 2 amide bonds. The molecule has 2 atom stereocenters. The molecule has 0 spiro atoms. The van der Waals surface area contributed by atoms with Crippen LogP contribution in [0.25, 0.3) is 0 Å². The minimum Gasteiger partial charge on any atom is -0.493 e. The van der Waals surface area contributed by atoms with Gasteiger partial charge in [-0.25, -0.2) is 4.79 Å². The van der Waals surface area contributed by atoms with Gasteiger partial charge >= 0.3 is 12.0 Å².